The Labute approximate surface area is 380 Å². The first kappa shape index (κ1) is 46.5. The first-order valence-corrected chi connectivity index (χ1v) is 22.9. The standard InChI is InChI=1S/C51H58N6O5.CH2O2/c1-34-11-5-6-12-40(34)49(60)52-35(2)41-20-18-38(42-13-7-8-14-43(41)42)17-16-36-24-29-55(30-25-36)28-10-9-15-48(59)56-31-26-37(27-32-56)39-19-21-44-46(33-39)53(3)51(62)57(44)45-22-23-47(58)54(4)50(45)61;2-1-3/h5-8,11-14,18-21,33,35-37,45H,9-10,15,22-32H2,1-4H3,(H,52,60);1H,(H,2,3)/t35-,45?;/m1./s1. The fraction of sp³-hybridized carbons (Fsp3) is 0.423. The lowest BCUT2D eigenvalue weighted by Gasteiger charge is -2.32. The molecule has 13 heteroatoms. The number of amides is 4. The number of hydrogen-bond acceptors (Lipinski definition) is 7. The molecule has 2 N–H and O–H groups in total. The van der Waals surface area contributed by atoms with Gasteiger partial charge in [0.2, 0.25) is 11.8 Å². The monoisotopic (exact) mass is 880 g/mol. The molecule has 3 saturated heterocycles. The Bertz CT molecular complexity index is 2690. The summed E-state index contributed by atoms with van der Waals surface area (Å²) in [5, 5.41) is 12.3. The molecule has 1 unspecified atom stereocenters. The summed E-state index contributed by atoms with van der Waals surface area (Å²) < 4.78 is 3.15. The third-order valence-corrected chi connectivity index (χ3v) is 13.6. The Kier molecular flexibility index (Phi) is 15.0. The number of aryl methyl sites for hydroxylation is 2. The van der Waals surface area contributed by atoms with Crippen molar-refractivity contribution in [1.82, 2.24) is 29.2 Å². The van der Waals surface area contributed by atoms with Crippen LogP contribution in [0.25, 0.3) is 21.8 Å². The van der Waals surface area contributed by atoms with E-state index in [0.717, 1.165) is 115 Å². The lowest BCUT2D eigenvalue weighted by Crippen LogP contribution is -2.45. The van der Waals surface area contributed by atoms with Crippen molar-refractivity contribution in [3.05, 3.63) is 117 Å². The van der Waals surface area contributed by atoms with Gasteiger partial charge in [-0.05, 0) is 136 Å². The highest BCUT2D eigenvalue weighted by Crippen LogP contribution is 2.33. The van der Waals surface area contributed by atoms with Gasteiger partial charge in [0.25, 0.3) is 18.3 Å². The maximum Gasteiger partial charge on any atom is 0.329 e. The average molecular weight is 881 g/mol. The number of benzene rings is 4. The molecule has 0 spiro atoms. The van der Waals surface area contributed by atoms with Crippen molar-refractivity contribution < 1.29 is 29.1 Å². The summed E-state index contributed by atoms with van der Waals surface area (Å²) in [6, 6.07) is 25.4. The van der Waals surface area contributed by atoms with E-state index in [1.807, 2.05) is 61.2 Å². The molecule has 3 aliphatic heterocycles. The molecule has 5 aromatic rings. The van der Waals surface area contributed by atoms with E-state index < -0.39 is 6.04 Å². The van der Waals surface area contributed by atoms with Crippen molar-refractivity contribution in [2.24, 2.45) is 13.0 Å². The number of piperidine rings is 3. The molecule has 8 rings (SSSR count). The van der Waals surface area contributed by atoms with E-state index in [1.165, 1.54) is 7.05 Å². The number of carboxylic acid groups (broad SMARTS) is 1. The van der Waals surface area contributed by atoms with Gasteiger partial charge in [0.05, 0.1) is 17.1 Å². The summed E-state index contributed by atoms with van der Waals surface area (Å²) in [5.74, 6) is 7.33. The van der Waals surface area contributed by atoms with Crippen LogP contribution in [0.3, 0.4) is 0 Å². The normalized spacial score (nSPS) is 17.9. The minimum absolute atomic E-state index is 0.0708. The zero-order chi connectivity index (χ0) is 46.2. The van der Waals surface area contributed by atoms with Crippen molar-refractivity contribution in [2.45, 2.75) is 89.6 Å². The molecule has 65 heavy (non-hydrogen) atoms. The molecule has 13 nitrogen and oxygen atoms in total. The summed E-state index contributed by atoms with van der Waals surface area (Å²) in [7, 11) is 3.21. The topological polar surface area (TPSA) is 154 Å². The van der Waals surface area contributed by atoms with E-state index in [-0.39, 0.29) is 54.2 Å². The van der Waals surface area contributed by atoms with Gasteiger partial charge in [0.1, 0.15) is 6.04 Å². The number of rotatable bonds is 10. The highest BCUT2D eigenvalue weighted by molar-refractivity contribution is 6.00. The molecule has 4 aromatic carbocycles. The Morgan fingerprint density at radius 1 is 0.846 bits per heavy atom. The predicted octanol–water partition coefficient (Wildman–Crippen LogP) is 6.95. The van der Waals surface area contributed by atoms with Crippen LogP contribution in [0.15, 0.2) is 83.7 Å². The van der Waals surface area contributed by atoms with Crippen molar-refractivity contribution in [3.63, 3.8) is 0 Å². The molecular weight excluding hydrogens is 821 g/mol. The number of aromatic nitrogens is 2. The zero-order valence-corrected chi connectivity index (χ0v) is 37.9. The SMILES string of the molecule is Cc1ccccc1C(=O)N[C@H](C)c1ccc(C#CC2CCN(CCCCC(=O)N3CCC(c4ccc5c(c4)n(C)c(=O)n5C4CCC(=O)N(C)C4=O)CC3)CC2)c2ccccc12.O=CO. The van der Waals surface area contributed by atoms with E-state index in [1.54, 1.807) is 16.2 Å². The maximum absolute atomic E-state index is 13.3. The van der Waals surface area contributed by atoms with E-state index in [0.29, 0.717) is 29.8 Å². The Morgan fingerprint density at radius 3 is 2.26 bits per heavy atom. The van der Waals surface area contributed by atoms with E-state index in [4.69, 9.17) is 9.90 Å². The van der Waals surface area contributed by atoms with Crippen LogP contribution >= 0.6 is 0 Å². The number of nitrogens with one attached hydrogen (secondary N) is 1. The third-order valence-electron chi connectivity index (χ3n) is 13.6. The van der Waals surface area contributed by atoms with Crippen LogP contribution in [-0.2, 0) is 26.2 Å². The quantitative estimate of drug-likeness (QED) is 0.0662. The van der Waals surface area contributed by atoms with Gasteiger partial charge in [-0.1, -0.05) is 66.4 Å². The molecule has 4 heterocycles. The molecule has 340 valence electrons. The van der Waals surface area contributed by atoms with Crippen LogP contribution in [-0.4, -0.2) is 98.8 Å². The number of carbonyl (C=O) groups excluding carboxylic acids is 4. The van der Waals surface area contributed by atoms with Crippen molar-refractivity contribution in [3.8, 4) is 11.8 Å². The smallest absolute Gasteiger partial charge is 0.329 e. The van der Waals surface area contributed by atoms with Gasteiger partial charge in [-0.15, -0.1) is 0 Å². The lowest BCUT2D eigenvalue weighted by molar-refractivity contribution is -0.149. The third kappa shape index (κ3) is 10.4. The van der Waals surface area contributed by atoms with Crippen LogP contribution < -0.4 is 11.0 Å². The first-order valence-electron chi connectivity index (χ1n) is 22.9. The summed E-state index contributed by atoms with van der Waals surface area (Å²) in [6.45, 7) is 8.21. The van der Waals surface area contributed by atoms with Crippen molar-refractivity contribution >= 4 is 51.9 Å². The number of unbranched alkanes of at least 4 members (excludes halogenated alkanes) is 1. The number of nitrogens with zero attached hydrogens (tertiary/aromatic N) is 5. The maximum atomic E-state index is 13.3. The fourth-order valence-corrected chi connectivity index (χ4v) is 9.77. The number of fused-ring (bicyclic) bond motifs is 2. The average Bonchev–Trinajstić information content (AvgIpc) is 3.56. The van der Waals surface area contributed by atoms with Gasteiger partial charge < -0.3 is 20.2 Å². The van der Waals surface area contributed by atoms with Crippen molar-refractivity contribution in [2.75, 3.05) is 39.8 Å². The Balaban J connectivity index is 0.00000204. The molecule has 2 atom stereocenters. The van der Waals surface area contributed by atoms with Crippen LogP contribution in [0, 0.1) is 24.7 Å². The number of likely N-dealkylation sites (N-methyl/N-ethyl adjacent to an activating group) is 1. The van der Waals surface area contributed by atoms with E-state index in [2.05, 4.69) is 58.5 Å². The van der Waals surface area contributed by atoms with Gasteiger partial charge >= 0.3 is 5.69 Å². The Morgan fingerprint density at radius 2 is 1.54 bits per heavy atom. The molecule has 0 saturated carbocycles. The molecule has 0 aliphatic carbocycles. The van der Waals surface area contributed by atoms with Crippen LogP contribution in [0.4, 0.5) is 0 Å². The summed E-state index contributed by atoms with van der Waals surface area (Å²) >= 11 is 0. The van der Waals surface area contributed by atoms with E-state index in [9.17, 15) is 24.0 Å². The second kappa shape index (κ2) is 21.0. The zero-order valence-electron chi connectivity index (χ0n) is 37.9. The summed E-state index contributed by atoms with van der Waals surface area (Å²) in [4.78, 5) is 78.7. The van der Waals surface area contributed by atoms with Gasteiger partial charge in [0, 0.05) is 57.1 Å². The number of carbonyl (C=O) groups is 5. The van der Waals surface area contributed by atoms with E-state index >= 15 is 0 Å². The highest BCUT2D eigenvalue weighted by Gasteiger charge is 2.35. The Hall–Kier alpha value is -6.52. The van der Waals surface area contributed by atoms with Crippen LogP contribution in [0.5, 0.6) is 0 Å². The van der Waals surface area contributed by atoms with Crippen LogP contribution in [0.1, 0.15) is 115 Å². The lowest BCUT2D eigenvalue weighted by atomic mass is 9.89. The minimum atomic E-state index is -0.687. The number of likely N-dealkylation sites (tertiary alicyclic amines) is 3. The second-order valence-electron chi connectivity index (χ2n) is 17.7. The minimum Gasteiger partial charge on any atom is -0.483 e. The van der Waals surface area contributed by atoms with Gasteiger partial charge in [-0.3, -0.25) is 38.0 Å². The molecular formula is C52H60N6O7. The fourth-order valence-electron chi connectivity index (χ4n) is 9.77. The molecule has 0 radical (unpaired) electrons. The predicted molar refractivity (Wildman–Crippen MR) is 251 cm³/mol. The molecule has 3 aliphatic rings. The highest BCUT2D eigenvalue weighted by atomic mass is 16.3. The molecule has 3 fully saturated rings. The van der Waals surface area contributed by atoms with Gasteiger partial charge in [-0.25, -0.2) is 4.79 Å². The molecule has 4 amide bonds. The molecule has 0 bridgehead atoms. The largest absolute Gasteiger partial charge is 0.483 e. The summed E-state index contributed by atoms with van der Waals surface area (Å²) in [5.41, 5.74) is 6.11. The number of hydrogen-bond donors (Lipinski definition) is 2. The number of imide groups is 1. The van der Waals surface area contributed by atoms with Gasteiger partial charge in [0.15, 0.2) is 0 Å². The van der Waals surface area contributed by atoms with Crippen molar-refractivity contribution in [1.29, 1.82) is 0 Å². The molecule has 1 aromatic heterocycles. The number of imidazole rings is 1. The first-order chi connectivity index (χ1) is 31.4. The summed E-state index contributed by atoms with van der Waals surface area (Å²) in [6.07, 6.45) is 6.81. The van der Waals surface area contributed by atoms with Gasteiger partial charge in [-0.2, -0.15) is 0 Å². The van der Waals surface area contributed by atoms with Crippen LogP contribution in [0.2, 0.25) is 0 Å². The second-order valence-corrected chi connectivity index (χ2v) is 17.7.